The van der Waals surface area contributed by atoms with Crippen molar-refractivity contribution in [2.45, 2.75) is 110 Å². The lowest BCUT2D eigenvalue weighted by atomic mass is 10.0. The number of likely N-dealkylation sites (tertiary alicyclic amines) is 1. The number of pyridine rings is 1. The highest BCUT2D eigenvalue weighted by Crippen LogP contribution is 2.41. The predicted octanol–water partition coefficient (Wildman–Crippen LogP) is 6.64. The van der Waals surface area contributed by atoms with Crippen molar-refractivity contribution in [1.29, 1.82) is 0 Å². The van der Waals surface area contributed by atoms with Gasteiger partial charge in [-0.05, 0) is 63.4 Å². The Morgan fingerprint density at radius 3 is 2.22 bits per heavy atom. The molecule has 11 rings (SSSR count). The lowest BCUT2D eigenvalue weighted by Gasteiger charge is -2.26. The molecule has 0 saturated carbocycles. The highest BCUT2D eigenvalue weighted by atomic mass is 32.1. The first-order valence-electron chi connectivity index (χ1n) is 30.4. The second kappa shape index (κ2) is 29.6. The Kier molecular flexibility index (Phi) is 21.2. The van der Waals surface area contributed by atoms with Gasteiger partial charge in [0.25, 0.3) is 23.6 Å². The molecule has 3 aliphatic rings. The first-order valence-corrected chi connectivity index (χ1v) is 35.5. The molecule has 1 fully saturated rings. The first-order chi connectivity index (χ1) is 45.3. The number of hydrogen-bond acceptors (Lipinski definition) is 25. The minimum absolute atomic E-state index is 0.0123. The molecule has 1 saturated heterocycles. The Morgan fingerprint density at radius 1 is 0.755 bits per heavy atom. The van der Waals surface area contributed by atoms with Gasteiger partial charge in [-0.25, -0.2) is 39.9 Å². The van der Waals surface area contributed by atoms with Gasteiger partial charge in [0.2, 0.25) is 23.6 Å². The SMILES string of the molecule is CCN(CC)CCNC(=O)C1CCCN1C(=O)[C@@H]1COC(c2csc(-c3ccc4c(n3)-c3csc(n3)-c3cnc(s3)C(C(O)c3ccccc3)NC(=O)CC(C)NC(=O)c3nc(sc3CO)C(C(C)C)NC(=O)c3nc(sc3C)C(C(=O)NC)NC(=O)c3csc-4n3)n2)=N1. The Labute approximate surface area is 564 Å². The summed E-state index contributed by atoms with van der Waals surface area (Å²) in [5.41, 5.74) is 2.46. The Balaban J connectivity index is 0.930. The highest BCUT2D eigenvalue weighted by Gasteiger charge is 2.40. The number of ether oxygens (including phenoxy) is 1. The summed E-state index contributed by atoms with van der Waals surface area (Å²) in [5.74, 6) is -3.71. The van der Waals surface area contributed by atoms with Crippen LogP contribution in [0.15, 0.2) is 69.8 Å². The van der Waals surface area contributed by atoms with Gasteiger partial charge in [-0.15, -0.1) is 68.0 Å². The normalized spacial score (nSPS) is 19.9. The number of nitrogens with zero attached hydrogens (tertiary/aromatic N) is 10. The van der Waals surface area contributed by atoms with E-state index >= 15 is 0 Å². The molecule has 94 heavy (non-hydrogen) atoms. The van der Waals surface area contributed by atoms with Crippen LogP contribution < -0.4 is 31.9 Å². The second-order valence-electron chi connectivity index (χ2n) is 22.7. The third kappa shape index (κ3) is 14.7. The number of aliphatic hydroxyl groups is 2. The van der Waals surface area contributed by atoms with Crippen molar-refractivity contribution in [1.82, 2.24) is 76.6 Å². The van der Waals surface area contributed by atoms with Gasteiger partial charge in [0.15, 0.2) is 12.1 Å². The molecule has 6 unspecified atom stereocenters. The average molecular weight is 1390 g/mol. The summed E-state index contributed by atoms with van der Waals surface area (Å²) in [5, 5.41) is 46.9. The Bertz CT molecular complexity index is 4160. The molecular formula is C62H68N16O10S6. The third-order valence-electron chi connectivity index (χ3n) is 15.9. The minimum atomic E-state index is -1.36. The average Bonchev–Trinajstić information content (AvgIpc) is 1.66. The van der Waals surface area contributed by atoms with E-state index in [9.17, 15) is 43.8 Å². The van der Waals surface area contributed by atoms with Gasteiger partial charge in [-0.3, -0.25) is 33.6 Å². The van der Waals surface area contributed by atoms with Crippen LogP contribution >= 0.6 is 68.0 Å². The van der Waals surface area contributed by atoms with E-state index in [0.29, 0.717) is 101 Å². The number of thiazole rings is 6. The maximum Gasteiger partial charge on any atom is 0.271 e. The fraction of sp³-hybridized carbons (Fsp3) is 0.403. The summed E-state index contributed by atoms with van der Waals surface area (Å²) in [7, 11) is 1.41. The van der Waals surface area contributed by atoms with E-state index in [2.05, 4.69) is 65.6 Å². The number of fused-ring (bicyclic) bond motifs is 14. The van der Waals surface area contributed by atoms with Crippen LogP contribution in [0.5, 0.6) is 0 Å². The molecular weight excluding hydrogens is 1320 g/mol. The first kappa shape index (κ1) is 67.2. The van der Waals surface area contributed by atoms with Gasteiger partial charge < -0.3 is 56.7 Å². The van der Waals surface area contributed by atoms with Gasteiger partial charge >= 0.3 is 0 Å². The van der Waals surface area contributed by atoms with Crippen molar-refractivity contribution in [3.63, 3.8) is 0 Å². The lowest BCUT2D eigenvalue weighted by molar-refractivity contribution is -0.139. The molecule has 8 aromatic rings. The number of hydrogen-bond donors (Lipinski definition) is 8. The molecule has 3 aliphatic heterocycles. The minimum Gasteiger partial charge on any atom is -0.473 e. The van der Waals surface area contributed by atoms with E-state index < -0.39 is 78.5 Å². The van der Waals surface area contributed by atoms with Crippen molar-refractivity contribution in [3.05, 3.63) is 118 Å². The van der Waals surface area contributed by atoms with Gasteiger partial charge in [-0.2, -0.15) is 0 Å². The number of aromatic nitrogens is 7. The van der Waals surface area contributed by atoms with Gasteiger partial charge in [0.05, 0.1) is 28.1 Å². The van der Waals surface area contributed by atoms with Crippen molar-refractivity contribution in [2.24, 2.45) is 10.9 Å². The van der Waals surface area contributed by atoms with Crippen LogP contribution in [0, 0.1) is 12.8 Å². The summed E-state index contributed by atoms with van der Waals surface area (Å²) in [6, 6.07) is 6.92. The molecule has 32 heteroatoms. The van der Waals surface area contributed by atoms with Crippen LogP contribution in [0.1, 0.15) is 146 Å². The molecule has 7 aromatic heterocycles. The molecule has 8 N–H and O–H groups in total. The van der Waals surface area contributed by atoms with Gasteiger partial charge in [0.1, 0.15) is 89.0 Å². The third-order valence-corrected chi connectivity index (χ3v) is 21.9. The molecule has 7 amide bonds. The highest BCUT2D eigenvalue weighted by molar-refractivity contribution is 7.21. The van der Waals surface area contributed by atoms with Crippen LogP contribution in [0.3, 0.4) is 0 Å². The van der Waals surface area contributed by atoms with Crippen molar-refractivity contribution < 1.29 is 48.5 Å². The fourth-order valence-corrected chi connectivity index (χ4v) is 16.5. The maximum absolute atomic E-state index is 14.3. The molecule has 492 valence electrons. The van der Waals surface area contributed by atoms with Gasteiger partial charge in [0, 0.05) is 71.9 Å². The number of carbonyl (C=O) groups is 7. The topological polar surface area (TPSA) is 350 Å². The standard InChI is InChI=1S/C62H68N16O10S6/c1-8-77(9-2)21-19-64-51(83)39-16-13-20-78(39)62(87)35-25-88-55(68-35)38-28-90-57(71-38)34-18-17-33-45(67-34)36-26-91-58(69-36)40-23-65-59(93-40)47(49(81)32-14-11-10-12-15-32)72-42(80)22-30(5)66-54(86)46-41(24-79)94-60(76-46)43(29(3)4)73-53(85)44-31(6)92-61(75-44)48(52(84)63-7)74-50(82)37-27-89-56(33)70-37/h10-12,14-15,17-18,23,26-30,35,39,43,47-49,79,81H,8-9,13,16,19-22,24-25H2,1-7H3,(H,63,84)(H,64,83)(H,66,86)(H,72,80)(H,73,85)(H,74,82)/t30?,35-,39?,43?,47?,48?,49?/m0/s1. The van der Waals surface area contributed by atoms with E-state index in [-0.39, 0.29) is 63.6 Å². The lowest BCUT2D eigenvalue weighted by Crippen LogP contribution is -2.50. The van der Waals surface area contributed by atoms with Crippen LogP contribution in [0.4, 0.5) is 0 Å². The molecule has 0 radical (unpaired) electrons. The number of rotatable bonds is 14. The largest absolute Gasteiger partial charge is 0.473 e. The number of aliphatic hydroxyl groups excluding tert-OH is 2. The van der Waals surface area contributed by atoms with Crippen LogP contribution in [0.2, 0.25) is 0 Å². The number of nitrogens with one attached hydrogen (secondary N) is 6. The number of benzene rings is 1. The summed E-state index contributed by atoms with van der Waals surface area (Å²) < 4.78 is 6.02. The van der Waals surface area contributed by atoms with E-state index in [1.807, 2.05) is 25.3 Å². The van der Waals surface area contributed by atoms with Crippen molar-refractivity contribution in [3.8, 4) is 42.5 Å². The molecule has 10 heterocycles. The zero-order chi connectivity index (χ0) is 66.5. The molecule has 26 nitrogen and oxygen atoms in total. The smallest absolute Gasteiger partial charge is 0.271 e. The molecule has 7 atom stereocenters. The van der Waals surface area contributed by atoms with Crippen molar-refractivity contribution >= 4 is 115 Å². The second-order valence-corrected chi connectivity index (χ2v) is 28.7. The maximum atomic E-state index is 14.3. The molecule has 1 aromatic carbocycles. The van der Waals surface area contributed by atoms with E-state index in [1.54, 1.807) is 72.1 Å². The van der Waals surface area contributed by atoms with Crippen LogP contribution in [0.25, 0.3) is 42.5 Å². The Hall–Kier alpha value is -8.21. The molecule has 0 aliphatic carbocycles. The monoisotopic (exact) mass is 1390 g/mol. The quantitative estimate of drug-likeness (QED) is 0.0565. The predicted molar refractivity (Wildman–Crippen MR) is 359 cm³/mol. The summed E-state index contributed by atoms with van der Waals surface area (Å²) >= 11 is 7.01. The number of amides is 7. The number of aliphatic imine (C=N–C) groups is 1. The van der Waals surface area contributed by atoms with Crippen LogP contribution in [-0.2, 0) is 30.5 Å². The summed E-state index contributed by atoms with van der Waals surface area (Å²) in [6.45, 7) is 13.9. The van der Waals surface area contributed by atoms with Crippen molar-refractivity contribution in [2.75, 3.05) is 46.4 Å². The van der Waals surface area contributed by atoms with Crippen LogP contribution in [-0.4, -0.2) is 167 Å². The number of aryl methyl sites for hydroxylation is 1. The van der Waals surface area contributed by atoms with Gasteiger partial charge in [-0.1, -0.05) is 58.0 Å². The van der Waals surface area contributed by atoms with E-state index in [4.69, 9.17) is 29.7 Å². The Morgan fingerprint density at radius 2 is 1.47 bits per heavy atom. The fourth-order valence-electron chi connectivity index (χ4n) is 10.9. The van der Waals surface area contributed by atoms with E-state index in [1.165, 1.54) is 41.1 Å². The summed E-state index contributed by atoms with van der Waals surface area (Å²) in [4.78, 5) is 141. The zero-order valence-corrected chi connectivity index (χ0v) is 57.0. The van der Waals surface area contributed by atoms with E-state index in [0.717, 1.165) is 47.1 Å². The molecule has 0 spiro atoms. The number of likely N-dealkylation sites (N-methyl/N-ethyl adjacent to an activating group) is 2. The molecule has 10 bridgehead atoms. The summed E-state index contributed by atoms with van der Waals surface area (Å²) in [6.07, 6.45) is 1.35. The number of carbonyl (C=O) groups excluding carboxylic acids is 7. The zero-order valence-electron chi connectivity index (χ0n) is 52.1.